The van der Waals surface area contributed by atoms with Gasteiger partial charge in [0.15, 0.2) is 0 Å². The van der Waals surface area contributed by atoms with E-state index < -0.39 is 10.0 Å². The quantitative estimate of drug-likeness (QED) is 0.436. The summed E-state index contributed by atoms with van der Waals surface area (Å²) in [5.41, 5.74) is 3.03. The van der Waals surface area contributed by atoms with E-state index in [0.717, 1.165) is 17.0 Å². The van der Waals surface area contributed by atoms with Crippen LogP contribution in [0.4, 0.5) is 5.69 Å². The van der Waals surface area contributed by atoms with E-state index in [-0.39, 0.29) is 4.90 Å². The number of nitrogens with one attached hydrogen (secondary N) is 1. The van der Waals surface area contributed by atoms with E-state index in [1.54, 1.807) is 62.8 Å². The number of rotatable bonds is 7. The van der Waals surface area contributed by atoms with Crippen molar-refractivity contribution in [2.75, 3.05) is 11.8 Å². The van der Waals surface area contributed by atoms with Gasteiger partial charge in [-0.1, -0.05) is 0 Å². The summed E-state index contributed by atoms with van der Waals surface area (Å²) in [6.45, 7) is 5.67. The van der Waals surface area contributed by atoms with Crippen LogP contribution >= 0.6 is 0 Å². The number of anilines is 1. The molecule has 4 rings (SSSR count). The molecule has 10 heteroatoms. The Hall–Kier alpha value is -3.92. The topological polar surface area (TPSA) is 108 Å². The molecule has 170 valence electrons. The standard InChI is InChI=1S/C23H23N5O4S/c1-15-11-20(9-10-21(15)31-4)33(29,30)27-18-5-7-19(8-6-18)32-23-12-22(24-13-25-23)28-14-26-16(2)17(28)3/h5-14,27H,1-4H3. The lowest BCUT2D eigenvalue weighted by Gasteiger charge is -2.11. The van der Waals surface area contributed by atoms with Gasteiger partial charge < -0.3 is 9.47 Å². The Labute approximate surface area is 192 Å². The molecule has 0 atom stereocenters. The number of benzene rings is 2. The molecule has 0 aliphatic heterocycles. The predicted octanol–water partition coefficient (Wildman–Crippen LogP) is 4.19. The highest BCUT2D eigenvalue weighted by Crippen LogP contribution is 2.26. The number of aryl methyl sites for hydroxylation is 2. The molecule has 2 aromatic heterocycles. The largest absolute Gasteiger partial charge is 0.496 e. The fraction of sp³-hybridized carbons (Fsp3) is 0.174. The van der Waals surface area contributed by atoms with E-state index in [4.69, 9.17) is 9.47 Å². The van der Waals surface area contributed by atoms with Crippen molar-refractivity contribution in [3.63, 3.8) is 0 Å². The van der Waals surface area contributed by atoms with Crippen LogP contribution in [0.15, 0.2) is 66.1 Å². The highest BCUT2D eigenvalue weighted by molar-refractivity contribution is 7.92. The highest BCUT2D eigenvalue weighted by atomic mass is 32.2. The van der Waals surface area contributed by atoms with Crippen LogP contribution in [0, 0.1) is 20.8 Å². The van der Waals surface area contributed by atoms with Gasteiger partial charge >= 0.3 is 0 Å². The molecular weight excluding hydrogens is 442 g/mol. The van der Waals surface area contributed by atoms with Crippen molar-refractivity contribution < 1.29 is 17.9 Å². The zero-order valence-corrected chi connectivity index (χ0v) is 19.4. The molecule has 0 spiro atoms. The van der Waals surface area contributed by atoms with Crippen molar-refractivity contribution in [1.82, 2.24) is 19.5 Å². The second-order valence-corrected chi connectivity index (χ2v) is 9.05. The molecule has 0 bridgehead atoms. The van der Waals surface area contributed by atoms with Gasteiger partial charge in [0.1, 0.15) is 30.0 Å². The normalized spacial score (nSPS) is 11.3. The van der Waals surface area contributed by atoms with Crippen molar-refractivity contribution in [3.05, 3.63) is 78.1 Å². The zero-order chi connectivity index (χ0) is 23.6. The van der Waals surface area contributed by atoms with Gasteiger partial charge in [0, 0.05) is 17.4 Å². The van der Waals surface area contributed by atoms with Gasteiger partial charge in [0.05, 0.1) is 17.7 Å². The number of imidazole rings is 1. The van der Waals surface area contributed by atoms with Crippen LogP contribution in [0.25, 0.3) is 5.82 Å². The molecule has 0 fully saturated rings. The van der Waals surface area contributed by atoms with Crippen LogP contribution in [-0.4, -0.2) is 35.0 Å². The van der Waals surface area contributed by atoms with E-state index in [1.807, 2.05) is 18.4 Å². The third kappa shape index (κ3) is 4.80. The highest BCUT2D eigenvalue weighted by Gasteiger charge is 2.16. The molecule has 9 nitrogen and oxygen atoms in total. The van der Waals surface area contributed by atoms with E-state index in [1.165, 1.54) is 12.4 Å². The molecule has 2 aromatic carbocycles. The van der Waals surface area contributed by atoms with E-state index >= 15 is 0 Å². The van der Waals surface area contributed by atoms with Crippen molar-refractivity contribution in [3.8, 4) is 23.2 Å². The minimum absolute atomic E-state index is 0.152. The lowest BCUT2D eigenvalue weighted by molar-refractivity contribution is 0.411. The van der Waals surface area contributed by atoms with Crippen LogP contribution in [0.2, 0.25) is 0 Å². The lowest BCUT2D eigenvalue weighted by atomic mass is 10.2. The van der Waals surface area contributed by atoms with Crippen LogP contribution in [-0.2, 0) is 10.0 Å². The van der Waals surface area contributed by atoms with Crippen molar-refractivity contribution in [2.45, 2.75) is 25.7 Å². The van der Waals surface area contributed by atoms with Gasteiger partial charge in [-0.25, -0.2) is 23.4 Å². The summed E-state index contributed by atoms with van der Waals surface area (Å²) < 4.78 is 40.9. The summed E-state index contributed by atoms with van der Waals surface area (Å²) in [5.74, 6) is 2.12. The smallest absolute Gasteiger partial charge is 0.261 e. The summed E-state index contributed by atoms with van der Waals surface area (Å²) in [5, 5.41) is 0. The molecule has 0 radical (unpaired) electrons. The van der Waals surface area contributed by atoms with Crippen molar-refractivity contribution in [1.29, 1.82) is 0 Å². The van der Waals surface area contributed by atoms with Crippen LogP contribution in [0.3, 0.4) is 0 Å². The van der Waals surface area contributed by atoms with Gasteiger partial charge in [-0.05, 0) is 68.8 Å². The summed E-state index contributed by atoms with van der Waals surface area (Å²) in [7, 11) is -2.20. The molecule has 33 heavy (non-hydrogen) atoms. The van der Waals surface area contributed by atoms with Crippen LogP contribution < -0.4 is 14.2 Å². The summed E-state index contributed by atoms with van der Waals surface area (Å²) in [6.07, 6.45) is 3.11. The van der Waals surface area contributed by atoms with Gasteiger partial charge in [-0.2, -0.15) is 0 Å². The number of aromatic nitrogens is 4. The first-order valence-corrected chi connectivity index (χ1v) is 11.5. The maximum Gasteiger partial charge on any atom is 0.261 e. The summed E-state index contributed by atoms with van der Waals surface area (Å²) >= 11 is 0. The second kappa shape index (κ2) is 8.91. The minimum atomic E-state index is -3.75. The van der Waals surface area contributed by atoms with E-state index in [0.29, 0.717) is 28.9 Å². The average molecular weight is 466 g/mol. The fourth-order valence-corrected chi connectivity index (χ4v) is 4.33. The summed E-state index contributed by atoms with van der Waals surface area (Å²) in [6, 6.07) is 13.0. The molecule has 0 amide bonds. The molecule has 2 heterocycles. The summed E-state index contributed by atoms with van der Waals surface area (Å²) in [4.78, 5) is 12.9. The average Bonchev–Trinajstić information content (AvgIpc) is 3.13. The number of hydrogen-bond acceptors (Lipinski definition) is 7. The van der Waals surface area contributed by atoms with Gasteiger partial charge in [0.25, 0.3) is 10.0 Å². The Morgan fingerprint density at radius 2 is 1.70 bits per heavy atom. The minimum Gasteiger partial charge on any atom is -0.496 e. The van der Waals surface area contributed by atoms with Gasteiger partial charge in [0.2, 0.25) is 5.88 Å². The monoisotopic (exact) mass is 465 g/mol. The Morgan fingerprint density at radius 3 is 2.33 bits per heavy atom. The first kappa shape index (κ1) is 22.3. The third-order valence-corrected chi connectivity index (χ3v) is 6.51. The Kier molecular flexibility index (Phi) is 6.01. The van der Waals surface area contributed by atoms with E-state index in [2.05, 4.69) is 19.7 Å². The molecule has 0 aliphatic carbocycles. The molecule has 4 aromatic rings. The van der Waals surface area contributed by atoms with Crippen molar-refractivity contribution >= 4 is 15.7 Å². The number of ether oxygens (including phenoxy) is 2. The Balaban J connectivity index is 1.48. The first-order valence-electron chi connectivity index (χ1n) is 10.0. The molecule has 0 unspecified atom stereocenters. The molecule has 0 aliphatic rings. The maximum absolute atomic E-state index is 12.7. The number of methoxy groups -OCH3 is 1. The van der Waals surface area contributed by atoms with Gasteiger partial charge in [-0.3, -0.25) is 9.29 Å². The lowest BCUT2D eigenvalue weighted by Crippen LogP contribution is -2.13. The number of hydrogen-bond donors (Lipinski definition) is 1. The molecule has 0 saturated heterocycles. The van der Waals surface area contributed by atoms with Gasteiger partial charge in [-0.15, -0.1) is 0 Å². The van der Waals surface area contributed by atoms with Crippen molar-refractivity contribution in [2.24, 2.45) is 0 Å². The Morgan fingerprint density at radius 1 is 0.939 bits per heavy atom. The number of nitrogens with zero attached hydrogens (tertiary/aromatic N) is 4. The van der Waals surface area contributed by atoms with Crippen LogP contribution in [0.1, 0.15) is 17.0 Å². The van der Waals surface area contributed by atoms with E-state index in [9.17, 15) is 8.42 Å². The number of sulfonamides is 1. The van der Waals surface area contributed by atoms with Crippen LogP contribution in [0.5, 0.6) is 17.4 Å². The zero-order valence-electron chi connectivity index (χ0n) is 18.6. The predicted molar refractivity (Wildman–Crippen MR) is 124 cm³/mol. The second-order valence-electron chi connectivity index (χ2n) is 7.36. The third-order valence-electron chi connectivity index (χ3n) is 5.13. The molecule has 1 N–H and O–H groups in total. The maximum atomic E-state index is 12.7. The SMILES string of the molecule is COc1ccc(S(=O)(=O)Nc2ccc(Oc3cc(-n4cnc(C)c4C)ncn3)cc2)cc1C. The Bertz CT molecular complexity index is 1400. The molecular formula is C23H23N5O4S. The fourth-order valence-electron chi connectivity index (χ4n) is 3.19. The molecule has 0 saturated carbocycles. The first-order chi connectivity index (χ1) is 15.8.